The van der Waals surface area contributed by atoms with E-state index in [0.717, 1.165) is 0 Å². The molecule has 0 spiro atoms. The highest BCUT2D eigenvalue weighted by Crippen LogP contribution is 2.22. The molecule has 78 valence electrons. The zero-order valence-corrected chi connectivity index (χ0v) is 8.57. The SMILES string of the molecule is CNCC(O)C(O)c1ncccc1Cl. The van der Waals surface area contributed by atoms with Gasteiger partial charge in [-0.2, -0.15) is 0 Å². The summed E-state index contributed by atoms with van der Waals surface area (Å²) < 4.78 is 0. The van der Waals surface area contributed by atoms with Gasteiger partial charge < -0.3 is 15.5 Å². The van der Waals surface area contributed by atoms with E-state index in [1.165, 1.54) is 6.20 Å². The van der Waals surface area contributed by atoms with Crippen LogP contribution in [0.3, 0.4) is 0 Å². The Morgan fingerprint density at radius 2 is 2.29 bits per heavy atom. The first-order valence-electron chi connectivity index (χ1n) is 4.28. The lowest BCUT2D eigenvalue weighted by Gasteiger charge is -2.17. The lowest BCUT2D eigenvalue weighted by molar-refractivity contribution is 0.0177. The van der Waals surface area contributed by atoms with Gasteiger partial charge in [-0.15, -0.1) is 0 Å². The number of aliphatic hydroxyl groups excluding tert-OH is 2. The molecule has 0 aliphatic rings. The fourth-order valence-electron chi connectivity index (χ4n) is 1.12. The van der Waals surface area contributed by atoms with Gasteiger partial charge >= 0.3 is 0 Å². The molecule has 0 amide bonds. The van der Waals surface area contributed by atoms with Gasteiger partial charge in [0.05, 0.1) is 16.8 Å². The molecule has 0 bridgehead atoms. The highest BCUT2D eigenvalue weighted by atomic mass is 35.5. The van der Waals surface area contributed by atoms with Gasteiger partial charge in [0.25, 0.3) is 0 Å². The second-order valence-electron chi connectivity index (χ2n) is 2.94. The summed E-state index contributed by atoms with van der Waals surface area (Å²) in [6.45, 7) is 0.286. The van der Waals surface area contributed by atoms with Crippen molar-refractivity contribution in [3.05, 3.63) is 29.0 Å². The topological polar surface area (TPSA) is 65.4 Å². The largest absolute Gasteiger partial charge is 0.389 e. The van der Waals surface area contributed by atoms with Crippen LogP contribution in [0.2, 0.25) is 5.02 Å². The summed E-state index contributed by atoms with van der Waals surface area (Å²) in [6, 6.07) is 3.29. The molecule has 0 aliphatic carbocycles. The normalized spacial score (nSPS) is 15.1. The van der Waals surface area contributed by atoms with Crippen LogP contribution >= 0.6 is 11.6 Å². The van der Waals surface area contributed by atoms with Gasteiger partial charge in [0, 0.05) is 12.7 Å². The van der Waals surface area contributed by atoms with Crippen molar-refractivity contribution in [1.29, 1.82) is 0 Å². The number of halogens is 1. The number of nitrogens with zero attached hydrogens (tertiary/aromatic N) is 1. The molecule has 2 atom stereocenters. The van der Waals surface area contributed by atoms with Crippen LogP contribution in [0, 0.1) is 0 Å². The van der Waals surface area contributed by atoms with E-state index in [-0.39, 0.29) is 6.54 Å². The molecular weight excluding hydrogens is 204 g/mol. The molecule has 1 heterocycles. The van der Waals surface area contributed by atoms with Gasteiger partial charge in [-0.25, -0.2) is 0 Å². The molecule has 2 unspecified atom stereocenters. The highest BCUT2D eigenvalue weighted by Gasteiger charge is 2.20. The van der Waals surface area contributed by atoms with Crippen molar-refractivity contribution in [1.82, 2.24) is 10.3 Å². The van der Waals surface area contributed by atoms with Crippen molar-refractivity contribution in [2.75, 3.05) is 13.6 Å². The van der Waals surface area contributed by atoms with Crippen molar-refractivity contribution in [2.24, 2.45) is 0 Å². The molecule has 4 nitrogen and oxygen atoms in total. The van der Waals surface area contributed by atoms with Gasteiger partial charge in [0.1, 0.15) is 6.10 Å². The molecule has 14 heavy (non-hydrogen) atoms. The first-order valence-corrected chi connectivity index (χ1v) is 4.65. The van der Waals surface area contributed by atoms with Crippen LogP contribution in [0.4, 0.5) is 0 Å². The first kappa shape index (κ1) is 11.4. The van der Waals surface area contributed by atoms with Crippen molar-refractivity contribution < 1.29 is 10.2 Å². The number of aliphatic hydroxyl groups is 2. The van der Waals surface area contributed by atoms with E-state index in [9.17, 15) is 10.2 Å². The summed E-state index contributed by atoms with van der Waals surface area (Å²) in [4.78, 5) is 3.91. The average molecular weight is 217 g/mol. The Kier molecular flexibility index (Phi) is 4.28. The van der Waals surface area contributed by atoms with E-state index >= 15 is 0 Å². The standard InChI is InChI=1S/C9H13ClN2O2/c1-11-5-7(13)9(14)8-6(10)3-2-4-12-8/h2-4,7,9,11,13-14H,5H2,1H3. The maximum absolute atomic E-state index is 9.66. The van der Waals surface area contributed by atoms with E-state index in [0.29, 0.717) is 10.7 Å². The number of likely N-dealkylation sites (N-methyl/N-ethyl adjacent to an activating group) is 1. The molecule has 0 saturated heterocycles. The highest BCUT2D eigenvalue weighted by molar-refractivity contribution is 6.31. The first-order chi connectivity index (χ1) is 6.66. The van der Waals surface area contributed by atoms with Crippen LogP contribution in [-0.2, 0) is 0 Å². The molecule has 1 aromatic heterocycles. The molecule has 0 radical (unpaired) electrons. The maximum Gasteiger partial charge on any atom is 0.124 e. The summed E-state index contributed by atoms with van der Waals surface area (Å²) in [7, 11) is 1.69. The third-order valence-corrected chi connectivity index (χ3v) is 2.16. The van der Waals surface area contributed by atoms with Gasteiger partial charge in [-0.3, -0.25) is 4.98 Å². The van der Waals surface area contributed by atoms with E-state index in [4.69, 9.17) is 11.6 Å². The number of rotatable bonds is 4. The number of pyridine rings is 1. The lowest BCUT2D eigenvalue weighted by atomic mass is 10.1. The fraction of sp³-hybridized carbons (Fsp3) is 0.444. The fourth-order valence-corrected chi connectivity index (χ4v) is 1.35. The zero-order chi connectivity index (χ0) is 10.6. The number of hydrogen-bond donors (Lipinski definition) is 3. The van der Waals surface area contributed by atoms with E-state index < -0.39 is 12.2 Å². The Hall–Kier alpha value is -0.680. The Morgan fingerprint density at radius 1 is 1.57 bits per heavy atom. The Morgan fingerprint density at radius 3 is 2.86 bits per heavy atom. The molecule has 0 fully saturated rings. The Labute approximate surface area is 87.6 Å². The Bertz CT molecular complexity index is 296. The third-order valence-electron chi connectivity index (χ3n) is 1.84. The summed E-state index contributed by atoms with van der Waals surface area (Å²) in [6.07, 6.45) is -0.445. The molecule has 3 N–H and O–H groups in total. The van der Waals surface area contributed by atoms with E-state index in [1.54, 1.807) is 19.2 Å². The zero-order valence-electron chi connectivity index (χ0n) is 7.81. The summed E-state index contributed by atoms with van der Waals surface area (Å²) in [5.41, 5.74) is 0.303. The van der Waals surface area contributed by atoms with Crippen molar-refractivity contribution in [3.8, 4) is 0 Å². The predicted molar refractivity (Wildman–Crippen MR) is 54.1 cm³/mol. The number of nitrogens with one attached hydrogen (secondary N) is 1. The minimum absolute atomic E-state index is 0.286. The minimum atomic E-state index is -1.06. The minimum Gasteiger partial charge on any atom is -0.389 e. The van der Waals surface area contributed by atoms with Gasteiger partial charge in [-0.1, -0.05) is 11.6 Å². The molecule has 0 aromatic carbocycles. The molecule has 1 rings (SSSR count). The number of hydrogen-bond acceptors (Lipinski definition) is 4. The molecule has 1 aromatic rings. The molecule has 5 heteroatoms. The average Bonchev–Trinajstić information content (AvgIpc) is 2.18. The monoisotopic (exact) mass is 216 g/mol. The second kappa shape index (κ2) is 5.26. The van der Waals surface area contributed by atoms with Crippen LogP contribution in [0.25, 0.3) is 0 Å². The van der Waals surface area contributed by atoms with Crippen molar-refractivity contribution >= 4 is 11.6 Å². The second-order valence-corrected chi connectivity index (χ2v) is 3.35. The quantitative estimate of drug-likeness (QED) is 0.680. The van der Waals surface area contributed by atoms with Crippen molar-refractivity contribution in [2.45, 2.75) is 12.2 Å². The van der Waals surface area contributed by atoms with Crippen LogP contribution in [-0.4, -0.2) is 34.9 Å². The van der Waals surface area contributed by atoms with E-state index in [2.05, 4.69) is 10.3 Å². The summed E-state index contributed by atoms with van der Waals surface area (Å²) >= 11 is 5.81. The summed E-state index contributed by atoms with van der Waals surface area (Å²) in [5, 5.41) is 22.3. The van der Waals surface area contributed by atoms with Crippen LogP contribution < -0.4 is 5.32 Å². The maximum atomic E-state index is 9.66. The smallest absolute Gasteiger partial charge is 0.124 e. The molecular formula is C9H13ClN2O2. The summed E-state index contributed by atoms with van der Waals surface area (Å²) in [5.74, 6) is 0. The lowest BCUT2D eigenvalue weighted by Crippen LogP contribution is -2.30. The molecule has 0 aliphatic heterocycles. The predicted octanol–water partition coefficient (Wildman–Crippen LogP) is 0.349. The third kappa shape index (κ3) is 2.65. The number of aromatic nitrogens is 1. The van der Waals surface area contributed by atoms with Crippen LogP contribution in [0.5, 0.6) is 0 Å². The van der Waals surface area contributed by atoms with Gasteiger partial charge in [-0.05, 0) is 19.2 Å². The van der Waals surface area contributed by atoms with Gasteiger partial charge in [0.2, 0.25) is 0 Å². The Balaban J connectivity index is 2.78. The van der Waals surface area contributed by atoms with Crippen molar-refractivity contribution in [3.63, 3.8) is 0 Å². The molecule has 0 saturated carbocycles. The van der Waals surface area contributed by atoms with Gasteiger partial charge in [0.15, 0.2) is 0 Å². The van der Waals surface area contributed by atoms with Crippen LogP contribution in [0.1, 0.15) is 11.8 Å². The van der Waals surface area contributed by atoms with Crippen LogP contribution in [0.15, 0.2) is 18.3 Å². The van der Waals surface area contributed by atoms with E-state index in [1.807, 2.05) is 0 Å².